The molecule has 0 radical (unpaired) electrons. The van der Waals surface area contributed by atoms with Crippen LogP contribution in [0.5, 0.6) is 0 Å². The highest BCUT2D eigenvalue weighted by atomic mass is 19.1. The van der Waals surface area contributed by atoms with Crippen molar-refractivity contribution < 1.29 is 66.9 Å². The van der Waals surface area contributed by atoms with Crippen molar-refractivity contribution in [1.82, 2.24) is 41.0 Å². The van der Waals surface area contributed by atoms with E-state index in [4.69, 9.17) is 19.2 Å². The minimum Gasteiger partial charge on any atom is -0.458 e. The number of hydrogen-bond acceptors (Lipinski definition) is 15. The number of carbonyl (C=O) groups is 9. The van der Waals surface area contributed by atoms with Crippen molar-refractivity contribution in [1.29, 1.82) is 0 Å². The number of carbonyl (C=O) groups excluding carboxylic acids is 9. The molecule has 9 rings (SSSR count). The number of halogens is 1. The fourth-order valence-corrected chi connectivity index (χ4v) is 10.6. The van der Waals surface area contributed by atoms with Crippen molar-refractivity contribution >= 4 is 64.2 Å². The van der Waals surface area contributed by atoms with E-state index < -0.39 is 90.2 Å². The highest BCUT2D eigenvalue weighted by Gasteiger charge is 2.46. The molecule has 0 unspecified atom stereocenters. The van der Waals surface area contributed by atoms with Gasteiger partial charge >= 0.3 is 11.9 Å². The van der Waals surface area contributed by atoms with E-state index in [2.05, 4.69) is 26.6 Å². The summed E-state index contributed by atoms with van der Waals surface area (Å²) in [7, 11) is 0. The Bertz CT molecular complexity index is 3210. The van der Waals surface area contributed by atoms with Crippen LogP contribution < -0.4 is 32.1 Å². The molecule has 2 aliphatic carbocycles. The van der Waals surface area contributed by atoms with Crippen molar-refractivity contribution in [2.75, 3.05) is 33.0 Å². The molecule has 22 nitrogen and oxygen atoms in total. The van der Waals surface area contributed by atoms with Crippen molar-refractivity contribution in [3.8, 4) is 11.4 Å². The van der Waals surface area contributed by atoms with Gasteiger partial charge in [0.2, 0.25) is 23.6 Å². The number of benzene rings is 2. The number of cyclic esters (lactones) is 1. The van der Waals surface area contributed by atoms with Crippen molar-refractivity contribution in [3.63, 3.8) is 0 Å². The molecule has 6 N–H and O–H groups in total. The first-order valence-corrected chi connectivity index (χ1v) is 26.0. The minimum absolute atomic E-state index is 0.0327. The number of aromatic nitrogens is 2. The fraction of sp³-hybridized carbons (Fsp3) is 0.436. The van der Waals surface area contributed by atoms with Crippen LogP contribution in [-0.4, -0.2) is 118 Å². The summed E-state index contributed by atoms with van der Waals surface area (Å²) in [5, 5.41) is 25.3. The molecule has 78 heavy (non-hydrogen) atoms. The third-order valence-corrected chi connectivity index (χ3v) is 15.1. The predicted octanol–water partition coefficient (Wildman–Crippen LogP) is 1.49. The quantitative estimate of drug-likeness (QED) is 0.0248. The number of rotatable bonds is 22. The number of aryl methyl sites for hydroxylation is 1. The molecule has 0 spiro atoms. The predicted molar refractivity (Wildman–Crippen MR) is 272 cm³/mol. The van der Waals surface area contributed by atoms with Crippen LogP contribution in [0.2, 0.25) is 0 Å². The van der Waals surface area contributed by atoms with Crippen molar-refractivity contribution in [2.24, 2.45) is 5.92 Å². The van der Waals surface area contributed by atoms with Gasteiger partial charge in [0.25, 0.3) is 23.3 Å². The van der Waals surface area contributed by atoms with Crippen LogP contribution in [0.25, 0.3) is 22.3 Å². The van der Waals surface area contributed by atoms with Crippen LogP contribution in [0.1, 0.15) is 103 Å². The second-order valence-electron chi connectivity index (χ2n) is 20.1. The Labute approximate surface area is 445 Å². The maximum absolute atomic E-state index is 15.4. The summed E-state index contributed by atoms with van der Waals surface area (Å²) in [6.45, 7) is 1.42. The zero-order valence-electron chi connectivity index (χ0n) is 43.0. The van der Waals surface area contributed by atoms with E-state index >= 15 is 4.39 Å². The molecule has 2 aromatic carbocycles. The first-order chi connectivity index (χ1) is 37.4. The Morgan fingerprint density at radius 2 is 1.67 bits per heavy atom. The van der Waals surface area contributed by atoms with E-state index in [-0.39, 0.29) is 80.6 Å². The number of esters is 2. The first kappa shape index (κ1) is 54.6. The maximum atomic E-state index is 15.4. The molecular weight excluding hydrogens is 1020 g/mol. The van der Waals surface area contributed by atoms with Crippen LogP contribution in [-0.2, 0) is 89.0 Å². The Kier molecular flexibility index (Phi) is 16.2. The van der Waals surface area contributed by atoms with E-state index in [9.17, 15) is 53.1 Å². The fourth-order valence-electron chi connectivity index (χ4n) is 10.6. The van der Waals surface area contributed by atoms with E-state index in [1.807, 2.05) is 0 Å². The second kappa shape index (κ2) is 23.2. The number of nitrogens with one attached hydrogen (secondary N) is 5. The lowest BCUT2D eigenvalue weighted by Crippen LogP contribution is -2.51. The number of amides is 7. The number of imide groups is 1. The van der Waals surface area contributed by atoms with Gasteiger partial charge < -0.3 is 50.5 Å². The first-order valence-electron chi connectivity index (χ1n) is 26.0. The molecule has 5 heterocycles. The molecule has 1 fully saturated rings. The minimum atomic E-state index is -2.03. The van der Waals surface area contributed by atoms with Gasteiger partial charge in [0, 0.05) is 60.0 Å². The Morgan fingerprint density at radius 3 is 2.41 bits per heavy atom. The molecule has 1 saturated carbocycles. The highest BCUT2D eigenvalue weighted by Crippen LogP contribution is 2.46. The lowest BCUT2D eigenvalue weighted by Gasteiger charge is -2.36. The monoisotopic (exact) mass is 1070 g/mol. The third-order valence-electron chi connectivity index (χ3n) is 15.1. The van der Waals surface area contributed by atoms with Crippen LogP contribution >= 0.6 is 0 Å². The highest BCUT2D eigenvalue weighted by molar-refractivity contribution is 6.12. The van der Waals surface area contributed by atoms with Crippen LogP contribution in [0.4, 0.5) is 4.39 Å². The Morgan fingerprint density at radius 1 is 0.910 bits per heavy atom. The lowest BCUT2D eigenvalue weighted by molar-refractivity contribution is -0.172. The summed E-state index contributed by atoms with van der Waals surface area (Å²) in [5.41, 5.74) is 2.31. The molecule has 410 valence electrons. The molecule has 23 heteroatoms. The van der Waals surface area contributed by atoms with Gasteiger partial charge in [-0.05, 0) is 80.2 Å². The molecule has 4 aromatic rings. The van der Waals surface area contributed by atoms with Gasteiger partial charge in [-0.1, -0.05) is 43.7 Å². The lowest BCUT2D eigenvalue weighted by atomic mass is 9.79. The van der Waals surface area contributed by atoms with Crippen LogP contribution in [0.15, 0.2) is 59.4 Å². The number of nitrogens with zero attached hydrogens (tertiary/aromatic N) is 3. The normalized spacial score (nSPS) is 19.9. The summed E-state index contributed by atoms with van der Waals surface area (Å²) >= 11 is 0. The molecule has 0 bridgehead atoms. The van der Waals surface area contributed by atoms with Crippen LogP contribution in [0.3, 0.4) is 0 Å². The molecule has 2 aromatic heterocycles. The number of pyridine rings is 2. The summed E-state index contributed by atoms with van der Waals surface area (Å²) < 4.78 is 33.0. The smallest absolute Gasteiger partial charge is 0.343 e. The molecule has 5 aliphatic rings. The SMILES string of the molecule is CC[C@@]1(O)C(=O)OCc2c1cc1n(c2=O)Cc2c-1nc1cc(F)c(C)c3c1c2[C@@H](NC(=O)C1CC(OCNC(=O)CNC(=O)[C@H](Cc2ccccc2)NC(=O)COC(=O)CNC(=O)CCCCCN2C(=O)C=CC2=O)C1)CC3. The van der Waals surface area contributed by atoms with Gasteiger partial charge in [0.05, 0.1) is 47.7 Å². The average molecular weight is 1080 g/mol. The topological polar surface area (TPSA) is 300 Å². The molecular formula is C55H59FN8O14. The maximum Gasteiger partial charge on any atom is 0.343 e. The van der Waals surface area contributed by atoms with Gasteiger partial charge in [-0.25, -0.2) is 14.2 Å². The Balaban J connectivity index is 0.725. The Hall–Kier alpha value is -8.18. The largest absolute Gasteiger partial charge is 0.458 e. The van der Waals surface area contributed by atoms with Gasteiger partial charge in [-0.2, -0.15) is 0 Å². The van der Waals surface area contributed by atoms with Crippen molar-refractivity contribution in [3.05, 3.63) is 110 Å². The van der Waals surface area contributed by atoms with Gasteiger partial charge in [-0.3, -0.25) is 48.1 Å². The van der Waals surface area contributed by atoms with E-state index in [0.717, 1.165) is 16.0 Å². The third kappa shape index (κ3) is 11.4. The zero-order valence-corrected chi connectivity index (χ0v) is 43.0. The van der Waals surface area contributed by atoms with E-state index in [1.165, 1.54) is 22.8 Å². The zero-order chi connectivity index (χ0) is 55.4. The average Bonchev–Trinajstić information content (AvgIpc) is 4.16. The second-order valence-corrected chi connectivity index (χ2v) is 20.1. The van der Waals surface area contributed by atoms with Crippen LogP contribution in [0, 0.1) is 18.7 Å². The van der Waals surface area contributed by atoms with Gasteiger partial charge in [0.15, 0.2) is 12.2 Å². The summed E-state index contributed by atoms with van der Waals surface area (Å²) in [6, 6.07) is 10.0. The summed E-state index contributed by atoms with van der Waals surface area (Å²) in [5.74, 6) is -6.11. The van der Waals surface area contributed by atoms with Gasteiger partial charge in [0.1, 0.15) is 31.7 Å². The number of fused-ring (bicyclic) bond motifs is 5. The number of aliphatic hydroxyl groups is 1. The van der Waals surface area contributed by atoms with Crippen molar-refractivity contribution in [2.45, 2.75) is 115 Å². The molecule has 3 atom stereocenters. The van der Waals surface area contributed by atoms with E-state index in [1.54, 1.807) is 50.2 Å². The number of hydrogen-bond donors (Lipinski definition) is 6. The molecule has 7 amide bonds. The number of ether oxygens (including phenoxy) is 3. The molecule has 3 aliphatic heterocycles. The summed E-state index contributed by atoms with van der Waals surface area (Å²) in [6.07, 6.45) is 5.26. The van der Waals surface area contributed by atoms with E-state index in [0.29, 0.717) is 83.9 Å². The van der Waals surface area contributed by atoms with Gasteiger partial charge in [-0.15, -0.1) is 0 Å². The number of unbranched alkanes of at least 4 members (excludes halogenated alkanes) is 2. The standard InChI is InChI=1S/C55H59FN8O14/c1-3-55(75)36-21-41-50-34(25-64(41)53(73)35(36)26-77-54(55)74)49-38(14-13-33-29(2)37(56)22-39(61-50)48(33)49)62-51(71)31-19-32(20-31)78-28-59-43(66)23-58-52(72)40(18-30-10-6-4-7-11-30)60-44(67)27-76-47(70)24-57-42(65)12-8-5-9-17-63-45(68)15-16-46(63)69/h4,6-7,10-11,15-16,21-22,31-32,38,40,75H,3,5,8-9,12-14,17-20,23-28H2,1-2H3,(H,57,65)(H,58,72)(H,59,66)(H,60,67)(H,62,71)/t31?,32?,38-,40-,55-/m0/s1. The molecule has 0 saturated heterocycles. The summed E-state index contributed by atoms with van der Waals surface area (Å²) in [4.78, 5) is 134.